The van der Waals surface area contributed by atoms with Gasteiger partial charge in [-0.05, 0) is 37.0 Å². The zero-order valence-corrected chi connectivity index (χ0v) is 14.1. The van der Waals surface area contributed by atoms with Gasteiger partial charge in [-0.1, -0.05) is 25.8 Å². The van der Waals surface area contributed by atoms with E-state index in [2.05, 4.69) is 22.4 Å². The van der Waals surface area contributed by atoms with Gasteiger partial charge in [0.25, 0.3) is 0 Å². The molecule has 0 bridgehead atoms. The van der Waals surface area contributed by atoms with E-state index in [-0.39, 0.29) is 18.6 Å². The summed E-state index contributed by atoms with van der Waals surface area (Å²) in [4.78, 5) is 12.1. The first kappa shape index (κ1) is 16.6. The van der Waals surface area contributed by atoms with E-state index in [1.807, 2.05) is 24.3 Å². The predicted molar refractivity (Wildman–Crippen MR) is 90.5 cm³/mol. The van der Waals surface area contributed by atoms with Crippen LogP contribution in [-0.4, -0.2) is 28.8 Å². The summed E-state index contributed by atoms with van der Waals surface area (Å²) in [7, 11) is 0. The second kappa shape index (κ2) is 7.57. The third kappa shape index (κ3) is 4.41. The van der Waals surface area contributed by atoms with E-state index in [9.17, 15) is 4.79 Å². The highest BCUT2D eigenvalue weighted by Crippen LogP contribution is 2.26. The first-order valence-corrected chi connectivity index (χ1v) is 8.42. The molecule has 1 heterocycles. The predicted octanol–water partition coefficient (Wildman–Crippen LogP) is 3.58. The molecular weight excluding hydrogens is 306 g/mol. The molecule has 1 amide bonds. The molecule has 24 heavy (non-hydrogen) atoms. The molecule has 1 aliphatic carbocycles. The van der Waals surface area contributed by atoms with Crippen LogP contribution in [0.5, 0.6) is 0 Å². The Bertz CT molecular complexity index is 698. The van der Waals surface area contributed by atoms with Crippen LogP contribution in [0, 0.1) is 12.8 Å². The maximum Gasteiger partial charge on any atom is 0.250 e. The summed E-state index contributed by atoms with van der Waals surface area (Å²) in [5.74, 6) is 1.49. The third-order valence-electron chi connectivity index (χ3n) is 4.26. The molecule has 2 aromatic rings. The number of rotatable bonds is 5. The standard InChI is InChI=1S/C18H23N3O3/c1-12-5-3-8-16(9-12)23-11-17(22)19-15-7-4-6-14(10-15)18-21-20-13(2)24-18/h4,6-7,10,12,16H,3,5,8-9,11H2,1-2H3,(H,19,22)/t12-,16+/m0/s1. The van der Waals surface area contributed by atoms with Crippen molar-refractivity contribution in [2.45, 2.75) is 45.6 Å². The first-order chi connectivity index (χ1) is 11.6. The van der Waals surface area contributed by atoms with E-state index in [1.165, 1.54) is 12.8 Å². The normalized spacial score (nSPS) is 20.8. The van der Waals surface area contributed by atoms with Gasteiger partial charge < -0.3 is 14.5 Å². The van der Waals surface area contributed by atoms with Gasteiger partial charge in [-0.3, -0.25) is 4.79 Å². The van der Waals surface area contributed by atoms with Crippen LogP contribution in [0.15, 0.2) is 28.7 Å². The van der Waals surface area contributed by atoms with E-state index in [4.69, 9.17) is 9.15 Å². The van der Waals surface area contributed by atoms with Crippen molar-refractivity contribution in [2.75, 3.05) is 11.9 Å². The summed E-state index contributed by atoms with van der Waals surface area (Å²) < 4.78 is 11.2. The van der Waals surface area contributed by atoms with Gasteiger partial charge in [0.1, 0.15) is 6.61 Å². The SMILES string of the molecule is Cc1nnc(-c2cccc(NC(=O)CO[C@@H]3CCC[C@H](C)C3)c2)o1. The number of benzene rings is 1. The first-order valence-electron chi connectivity index (χ1n) is 8.42. The van der Waals surface area contributed by atoms with Gasteiger partial charge in [-0.15, -0.1) is 10.2 Å². The minimum atomic E-state index is -0.146. The lowest BCUT2D eigenvalue weighted by Gasteiger charge is -2.26. The molecule has 128 valence electrons. The molecule has 1 aliphatic rings. The number of carbonyl (C=O) groups is 1. The molecule has 1 aromatic carbocycles. The van der Waals surface area contributed by atoms with Crippen molar-refractivity contribution < 1.29 is 13.9 Å². The smallest absolute Gasteiger partial charge is 0.250 e. The number of aryl methyl sites for hydroxylation is 1. The number of aromatic nitrogens is 2. The molecule has 1 N–H and O–H groups in total. The summed E-state index contributed by atoms with van der Waals surface area (Å²) >= 11 is 0. The van der Waals surface area contributed by atoms with Crippen molar-refractivity contribution in [3.05, 3.63) is 30.2 Å². The molecular formula is C18H23N3O3. The molecule has 1 saturated carbocycles. The molecule has 2 atom stereocenters. The van der Waals surface area contributed by atoms with Crippen LogP contribution >= 0.6 is 0 Å². The van der Waals surface area contributed by atoms with Crippen molar-refractivity contribution in [3.8, 4) is 11.5 Å². The Hall–Kier alpha value is -2.21. The fraction of sp³-hybridized carbons (Fsp3) is 0.500. The van der Waals surface area contributed by atoms with Crippen LogP contribution < -0.4 is 5.32 Å². The molecule has 6 nitrogen and oxygen atoms in total. The summed E-state index contributed by atoms with van der Waals surface area (Å²) in [6.07, 6.45) is 4.72. The number of amides is 1. The lowest BCUT2D eigenvalue weighted by Crippen LogP contribution is -2.26. The maximum absolute atomic E-state index is 12.1. The average molecular weight is 329 g/mol. The van der Waals surface area contributed by atoms with Crippen LogP contribution in [-0.2, 0) is 9.53 Å². The Balaban J connectivity index is 1.54. The second-order valence-electron chi connectivity index (χ2n) is 6.46. The quantitative estimate of drug-likeness (QED) is 0.907. The highest BCUT2D eigenvalue weighted by molar-refractivity contribution is 5.92. The van der Waals surface area contributed by atoms with E-state index in [1.54, 1.807) is 6.92 Å². The van der Waals surface area contributed by atoms with Gasteiger partial charge in [0.15, 0.2) is 0 Å². The molecule has 3 rings (SSSR count). The summed E-state index contributed by atoms with van der Waals surface area (Å²) in [6.45, 7) is 4.06. The number of anilines is 1. The zero-order valence-electron chi connectivity index (χ0n) is 14.1. The number of hydrogen-bond donors (Lipinski definition) is 1. The van der Waals surface area contributed by atoms with Crippen molar-refractivity contribution >= 4 is 11.6 Å². The summed E-state index contributed by atoms with van der Waals surface area (Å²) in [5.41, 5.74) is 1.46. The van der Waals surface area contributed by atoms with E-state index in [0.29, 0.717) is 23.4 Å². The van der Waals surface area contributed by atoms with Crippen LogP contribution in [0.25, 0.3) is 11.5 Å². The van der Waals surface area contributed by atoms with Gasteiger partial charge >= 0.3 is 0 Å². The van der Waals surface area contributed by atoms with Gasteiger partial charge in [0.05, 0.1) is 6.10 Å². The number of nitrogens with zero attached hydrogens (tertiary/aromatic N) is 2. The number of carbonyl (C=O) groups excluding carboxylic acids is 1. The Morgan fingerprint density at radius 3 is 3.00 bits per heavy atom. The molecule has 6 heteroatoms. The lowest BCUT2D eigenvalue weighted by molar-refractivity contribution is -0.123. The van der Waals surface area contributed by atoms with Gasteiger partial charge in [0, 0.05) is 18.2 Å². The average Bonchev–Trinajstić information content (AvgIpc) is 3.00. The minimum absolute atomic E-state index is 0.0846. The molecule has 0 spiro atoms. The highest BCUT2D eigenvalue weighted by atomic mass is 16.5. The minimum Gasteiger partial charge on any atom is -0.421 e. The van der Waals surface area contributed by atoms with Gasteiger partial charge in [-0.2, -0.15) is 0 Å². The third-order valence-corrected chi connectivity index (χ3v) is 4.26. The Kier molecular flexibility index (Phi) is 5.25. The maximum atomic E-state index is 12.1. The van der Waals surface area contributed by atoms with E-state index < -0.39 is 0 Å². The van der Waals surface area contributed by atoms with Crippen molar-refractivity contribution in [3.63, 3.8) is 0 Å². The Morgan fingerprint density at radius 1 is 1.38 bits per heavy atom. The lowest BCUT2D eigenvalue weighted by atomic mass is 9.89. The monoisotopic (exact) mass is 329 g/mol. The molecule has 0 radical (unpaired) electrons. The molecule has 1 aromatic heterocycles. The highest BCUT2D eigenvalue weighted by Gasteiger charge is 2.20. The number of nitrogens with one attached hydrogen (secondary N) is 1. The van der Waals surface area contributed by atoms with Gasteiger partial charge in [-0.25, -0.2) is 0 Å². The molecule has 1 fully saturated rings. The summed E-state index contributed by atoms with van der Waals surface area (Å²) in [5, 5.41) is 10.7. The second-order valence-corrected chi connectivity index (χ2v) is 6.46. The fourth-order valence-electron chi connectivity index (χ4n) is 3.06. The van der Waals surface area contributed by atoms with Crippen LogP contribution in [0.4, 0.5) is 5.69 Å². The van der Waals surface area contributed by atoms with E-state index >= 15 is 0 Å². The van der Waals surface area contributed by atoms with Crippen LogP contribution in [0.3, 0.4) is 0 Å². The van der Waals surface area contributed by atoms with Crippen molar-refractivity contribution in [1.29, 1.82) is 0 Å². The van der Waals surface area contributed by atoms with Crippen LogP contribution in [0.1, 0.15) is 38.5 Å². The Morgan fingerprint density at radius 2 is 2.25 bits per heavy atom. The van der Waals surface area contributed by atoms with Crippen molar-refractivity contribution in [1.82, 2.24) is 10.2 Å². The van der Waals surface area contributed by atoms with Crippen LogP contribution in [0.2, 0.25) is 0 Å². The largest absolute Gasteiger partial charge is 0.421 e. The molecule has 0 aliphatic heterocycles. The number of ether oxygens (including phenoxy) is 1. The molecule has 0 unspecified atom stereocenters. The molecule has 0 saturated heterocycles. The Labute approximate surface area is 141 Å². The fourth-order valence-corrected chi connectivity index (χ4v) is 3.06. The summed E-state index contributed by atoms with van der Waals surface area (Å²) in [6, 6.07) is 7.34. The van der Waals surface area contributed by atoms with Crippen molar-refractivity contribution in [2.24, 2.45) is 5.92 Å². The van der Waals surface area contributed by atoms with E-state index in [0.717, 1.165) is 18.4 Å². The topological polar surface area (TPSA) is 77.2 Å². The number of hydrogen-bond acceptors (Lipinski definition) is 5. The van der Waals surface area contributed by atoms with Gasteiger partial charge in [0.2, 0.25) is 17.7 Å². The zero-order chi connectivity index (χ0) is 16.9.